The van der Waals surface area contributed by atoms with Crippen molar-refractivity contribution in [3.8, 4) is 0 Å². The van der Waals surface area contributed by atoms with Crippen LogP contribution in [0.25, 0.3) is 0 Å². The molecule has 0 saturated carbocycles. The first kappa shape index (κ1) is 17.8. The molecule has 5 nitrogen and oxygen atoms in total. The average Bonchev–Trinajstić information content (AvgIpc) is 2.28. The largest absolute Gasteiger partial charge is 0.397 e. The van der Waals surface area contributed by atoms with Gasteiger partial charge in [0.1, 0.15) is 0 Å². The van der Waals surface area contributed by atoms with Gasteiger partial charge in [-0.2, -0.15) is 8.42 Å². The predicted octanol–water partition coefficient (Wildman–Crippen LogP) is 2.96. The molecule has 0 bridgehead atoms. The van der Waals surface area contributed by atoms with Crippen molar-refractivity contribution in [1.82, 2.24) is 0 Å². The zero-order valence-corrected chi connectivity index (χ0v) is 12.2. The molecule has 110 valence electrons. The van der Waals surface area contributed by atoms with Crippen LogP contribution >= 0.6 is 0 Å². The third kappa shape index (κ3) is 12.3. The highest BCUT2D eigenvalue weighted by Crippen LogP contribution is 2.12. The summed E-state index contributed by atoms with van der Waals surface area (Å²) in [6.45, 7) is 4.33. The molecule has 1 unspecified atom stereocenters. The molecule has 0 aliphatic heterocycles. The molecule has 0 spiro atoms. The fraction of sp³-hybridized carbons (Fsp3) is 1.00. The van der Waals surface area contributed by atoms with Gasteiger partial charge in [-0.1, -0.05) is 46.0 Å². The summed E-state index contributed by atoms with van der Waals surface area (Å²) < 4.78 is 38.8. The minimum absolute atomic E-state index is 0.131. The molecular formula is C12H26O5S. The number of hydrogen-bond acceptors (Lipinski definition) is 4. The van der Waals surface area contributed by atoms with E-state index in [0.29, 0.717) is 0 Å². The third-order valence-corrected chi connectivity index (χ3v) is 3.12. The average molecular weight is 282 g/mol. The van der Waals surface area contributed by atoms with Gasteiger partial charge < -0.3 is 4.74 Å². The van der Waals surface area contributed by atoms with Crippen LogP contribution < -0.4 is 0 Å². The topological polar surface area (TPSA) is 72.8 Å². The summed E-state index contributed by atoms with van der Waals surface area (Å²) in [4.78, 5) is 0. The summed E-state index contributed by atoms with van der Waals surface area (Å²) in [5.74, 6) is 0. The second-order valence-corrected chi connectivity index (χ2v) is 5.47. The van der Waals surface area contributed by atoms with E-state index < -0.39 is 10.4 Å². The van der Waals surface area contributed by atoms with Crippen molar-refractivity contribution >= 4 is 10.4 Å². The van der Waals surface area contributed by atoms with E-state index in [2.05, 4.69) is 18.0 Å². The molecule has 0 radical (unpaired) electrons. The quantitative estimate of drug-likeness (QED) is 0.440. The van der Waals surface area contributed by atoms with Crippen LogP contribution in [-0.2, 0) is 19.3 Å². The Morgan fingerprint density at radius 3 is 2.28 bits per heavy atom. The van der Waals surface area contributed by atoms with Gasteiger partial charge in [0.15, 0.2) is 0 Å². The smallest absolute Gasteiger partial charge is 0.376 e. The number of ether oxygens (including phenoxy) is 1. The second kappa shape index (κ2) is 10.7. The van der Waals surface area contributed by atoms with E-state index in [1.165, 1.54) is 19.3 Å². The van der Waals surface area contributed by atoms with E-state index in [9.17, 15) is 8.42 Å². The van der Waals surface area contributed by atoms with Crippen molar-refractivity contribution in [1.29, 1.82) is 0 Å². The molecule has 6 heteroatoms. The highest BCUT2D eigenvalue weighted by molar-refractivity contribution is 7.80. The Morgan fingerprint density at radius 2 is 1.72 bits per heavy atom. The predicted molar refractivity (Wildman–Crippen MR) is 70.9 cm³/mol. The van der Waals surface area contributed by atoms with Crippen LogP contribution in [0.5, 0.6) is 0 Å². The van der Waals surface area contributed by atoms with Crippen molar-refractivity contribution in [2.24, 2.45) is 0 Å². The maximum Gasteiger partial charge on any atom is 0.397 e. The van der Waals surface area contributed by atoms with Crippen molar-refractivity contribution < 1.29 is 21.9 Å². The van der Waals surface area contributed by atoms with E-state index in [1.54, 1.807) is 0 Å². The van der Waals surface area contributed by atoms with Gasteiger partial charge in [0.25, 0.3) is 0 Å². The normalized spacial score (nSPS) is 13.7. The Hall–Kier alpha value is -0.170. The Labute approximate surface area is 111 Å². The summed E-state index contributed by atoms with van der Waals surface area (Å²) in [6.07, 6.45) is 7.97. The molecule has 0 amide bonds. The highest BCUT2D eigenvalue weighted by Gasteiger charge is 2.09. The monoisotopic (exact) mass is 282 g/mol. The van der Waals surface area contributed by atoms with E-state index in [1.807, 2.05) is 0 Å². The van der Waals surface area contributed by atoms with Gasteiger partial charge in [-0.3, -0.25) is 4.55 Å². The lowest BCUT2D eigenvalue weighted by Gasteiger charge is -2.16. The molecule has 0 aliphatic rings. The lowest BCUT2D eigenvalue weighted by molar-refractivity contribution is 0.0214. The van der Waals surface area contributed by atoms with Crippen molar-refractivity contribution in [2.45, 2.75) is 64.9 Å². The standard InChI is InChI=1S/C12H26O5S/c1-3-5-6-7-9-12(8-4-2)16-10-11-17-18(13,14)15/h12H,3-11H2,1-2H3,(H,13,14,15). The van der Waals surface area contributed by atoms with Crippen LogP contribution in [0.15, 0.2) is 0 Å². The minimum Gasteiger partial charge on any atom is -0.376 e. The van der Waals surface area contributed by atoms with Gasteiger partial charge in [0.05, 0.1) is 19.3 Å². The van der Waals surface area contributed by atoms with Gasteiger partial charge in [-0.05, 0) is 12.8 Å². The van der Waals surface area contributed by atoms with Crippen LogP contribution in [-0.4, -0.2) is 32.3 Å². The van der Waals surface area contributed by atoms with Crippen LogP contribution in [0.3, 0.4) is 0 Å². The van der Waals surface area contributed by atoms with Crippen LogP contribution in [0.4, 0.5) is 0 Å². The molecule has 1 N–H and O–H groups in total. The van der Waals surface area contributed by atoms with Crippen LogP contribution in [0.1, 0.15) is 58.8 Å². The summed E-state index contributed by atoms with van der Waals surface area (Å²) in [6, 6.07) is 0. The molecule has 0 fully saturated rings. The van der Waals surface area contributed by atoms with Crippen molar-refractivity contribution in [3.63, 3.8) is 0 Å². The molecular weight excluding hydrogens is 256 g/mol. The van der Waals surface area contributed by atoms with Gasteiger partial charge in [-0.15, -0.1) is 0 Å². The molecule has 0 saturated heterocycles. The molecule has 0 aromatic heterocycles. The van der Waals surface area contributed by atoms with Crippen molar-refractivity contribution in [2.75, 3.05) is 13.2 Å². The SMILES string of the molecule is CCCCCCC(CCC)OCCOS(=O)(=O)O. The number of hydrogen-bond donors (Lipinski definition) is 1. The van der Waals surface area contributed by atoms with Crippen LogP contribution in [0, 0.1) is 0 Å². The van der Waals surface area contributed by atoms with E-state index in [0.717, 1.165) is 25.7 Å². The Morgan fingerprint density at radius 1 is 1.00 bits per heavy atom. The number of rotatable bonds is 12. The van der Waals surface area contributed by atoms with E-state index in [4.69, 9.17) is 9.29 Å². The zero-order valence-electron chi connectivity index (χ0n) is 11.4. The van der Waals surface area contributed by atoms with Gasteiger partial charge in [-0.25, -0.2) is 4.18 Å². The fourth-order valence-electron chi connectivity index (χ4n) is 1.79. The zero-order chi connectivity index (χ0) is 13.9. The molecule has 0 aromatic rings. The first-order chi connectivity index (χ1) is 8.49. The maximum absolute atomic E-state index is 10.3. The molecule has 0 aromatic carbocycles. The first-order valence-electron chi connectivity index (χ1n) is 6.73. The Balaban J connectivity index is 3.68. The fourth-order valence-corrected chi connectivity index (χ4v) is 2.06. The maximum atomic E-state index is 10.3. The van der Waals surface area contributed by atoms with E-state index in [-0.39, 0.29) is 19.3 Å². The van der Waals surface area contributed by atoms with Gasteiger partial charge in [0.2, 0.25) is 0 Å². The Kier molecular flexibility index (Phi) is 10.6. The molecule has 0 heterocycles. The summed E-state index contributed by atoms with van der Waals surface area (Å²) in [7, 11) is -4.34. The molecule has 0 rings (SSSR count). The van der Waals surface area contributed by atoms with Gasteiger partial charge >= 0.3 is 10.4 Å². The minimum atomic E-state index is -4.34. The summed E-state index contributed by atoms with van der Waals surface area (Å²) in [5.41, 5.74) is 0. The number of unbranched alkanes of at least 4 members (excludes halogenated alkanes) is 3. The lowest BCUT2D eigenvalue weighted by Crippen LogP contribution is -2.17. The van der Waals surface area contributed by atoms with Gasteiger partial charge in [0, 0.05) is 0 Å². The van der Waals surface area contributed by atoms with E-state index >= 15 is 0 Å². The highest BCUT2D eigenvalue weighted by atomic mass is 32.3. The van der Waals surface area contributed by atoms with Crippen molar-refractivity contribution in [3.05, 3.63) is 0 Å². The summed E-state index contributed by atoms with van der Waals surface area (Å²) >= 11 is 0. The third-order valence-electron chi connectivity index (χ3n) is 2.66. The summed E-state index contributed by atoms with van der Waals surface area (Å²) in [5, 5.41) is 0. The lowest BCUT2D eigenvalue weighted by atomic mass is 10.1. The molecule has 1 atom stereocenters. The first-order valence-corrected chi connectivity index (χ1v) is 8.09. The Bertz CT molecular complexity index is 276. The second-order valence-electron chi connectivity index (χ2n) is 4.38. The van der Waals surface area contributed by atoms with Crippen LogP contribution in [0.2, 0.25) is 0 Å². The molecule has 18 heavy (non-hydrogen) atoms. The molecule has 0 aliphatic carbocycles.